The number of benzene rings is 1. The third-order valence-corrected chi connectivity index (χ3v) is 7.54. The Hall–Kier alpha value is -3.53. The smallest absolute Gasteiger partial charge is 0.264 e. The lowest BCUT2D eigenvalue weighted by Crippen LogP contribution is -2.54. The SMILES string of the molecule is O=C1CCC(N2C(=O)c3cccc(NCc4cnn(C5CCN(C6CC6)CC5)c4)c3C2=O)C(=O)N1. The number of nitrogens with one attached hydrogen (secondary N) is 2. The Morgan fingerprint density at radius 2 is 1.77 bits per heavy atom. The molecule has 3 fully saturated rings. The van der Waals surface area contributed by atoms with E-state index in [4.69, 9.17) is 0 Å². The number of aromatic nitrogens is 2. The van der Waals surface area contributed by atoms with Gasteiger partial charge in [0.15, 0.2) is 0 Å². The molecule has 182 valence electrons. The van der Waals surface area contributed by atoms with E-state index in [9.17, 15) is 19.2 Å². The third-order valence-electron chi connectivity index (χ3n) is 7.54. The number of carbonyl (C=O) groups excluding carboxylic acids is 4. The minimum atomic E-state index is -0.975. The number of nitrogens with zero attached hydrogens (tertiary/aromatic N) is 4. The molecular weight excluding hydrogens is 448 g/mol. The molecule has 2 aromatic rings. The summed E-state index contributed by atoms with van der Waals surface area (Å²) in [6.45, 7) is 2.70. The number of rotatable bonds is 6. The topological polar surface area (TPSA) is 117 Å². The molecule has 2 saturated heterocycles. The normalized spacial score (nSPS) is 23.5. The molecule has 0 spiro atoms. The van der Waals surface area contributed by atoms with Crippen LogP contribution in [0.3, 0.4) is 0 Å². The van der Waals surface area contributed by atoms with Crippen LogP contribution < -0.4 is 10.6 Å². The average molecular weight is 477 g/mol. The molecule has 10 heteroatoms. The van der Waals surface area contributed by atoms with Crippen molar-refractivity contribution in [1.29, 1.82) is 0 Å². The fraction of sp³-hybridized carbons (Fsp3) is 0.480. The number of likely N-dealkylation sites (tertiary alicyclic amines) is 1. The number of piperidine rings is 2. The monoisotopic (exact) mass is 476 g/mol. The number of carbonyl (C=O) groups is 4. The van der Waals surface area contributed by atoms with Crippen molar-refractivity contribution in [3.8, 4) is 0 Å². The van der Waals surface area contributed by atoms with Gasteiger partial charge in [-0.05, 0) is 44.2 Å². The van der Waals surface area contributed by atoms with Gasteiger partial charge in [-0.1, -0.05) is 6.07 Å². The zero-order chi connectivity index (χ0) is 24.1. The predicted molar refractivity (Wildman–Crippen MR) is 126 cm³/mol. The standard InChI is InChI=1S/C25H28N6O4/c32-21-7-6-20(23(33)28-21)31-24(34)18-2-1-3-19(22(18)25(31)35)26-12-15-13-27-30(14-15)17-8-10-29(11-9-17)16-4-5-16/h1-3,13-14,16-17,20,26H,4-12H2,(H,28,32,33). The molecule has 4 heterocycles. The van der Waals surface area contributed by atoms with E-state index in [1.807, 2.05) is 6.20 Å². The second-order valence-corrected chi connectivity index (χ2v) is 9.86. The lowest BCUT2D eigenvalue weighted by Gasteiger charge is -2.32. The van der Waals surface area contributed by atoms with Crippen LogP contribution in [0.2, 0.25) is 0 Å². The van der Waals surface area contributed by atoms with Crippen molar-refractivity contribution in [2.45, 2.75) is 63.2 Å². The van der Waals surface area contributed by atoms with E-state index in [0.29, 0.717) is 18.3 Å². The van der Waals surface area contributed by atoms with Gasteiger partial charge in [0.05, 0.1) is 23.4 Å². The summed E-state index contributed by atoms with van der Waals surface area (Å²) < 4.78 is 2.05. The van der Waals surface area contributed by atoms with E-state index in [2.05, 4.69) is 31.5 Å². The van der Waals surface area contributed by atoms with Gasteiger partial charge in [0.1, 0.15) is 6.04 Å². The molecule has 1 saturated carbocycles. The van der Waals surface area contributed by atoms with E-state index in [0.717, 1.165) is 42.4 Å². The number of amides is 4. The van der Waals surface area contributed by atoms with Crippen LogP contribution in [0.5, 0.6) is 0 Å². The molecule has 4 aliphatic rings. The van der Waals surface area contributed by atoms with Gasteiger partial charge in [-0.25, -0.2) is 0 Å². The molecule has 35 heavy (non-hydrogen) atoms. The van der Waals surface area contributed by atoms with Gasteiger partial charge in [0.2, 0.25) is 11.8 Å². The van der Waals surface area contributed by atoms with Gasteiger partial charge in [-0.3, -0.25) is 34.1 Å². The minimum absolute atomic E-state index is 0.0957. The van der Waals surface area contributed by atoms with Crippen molar-refractivity contribution in [3.05, 3.63) is 47.3 Å². The van der Waals surface area contributed by atoms with Crippen LogP contribution in [0.25, 0.3) is 0 Å². The Kier molecular flexibility index (Phi) is 5.40. The van der Waals surface area contributed by atoms with E-state index in [1.54, 1.807) is 18.2 Å². The Bertz CT molecular complexity index is 1210. The van der Waals surface area contributed by atoms with Crippen LogP contribution in [-0.2, 0) is 16.1 Å². The third kappa shape index (κ3) is 4.01. The van der Waals surface area contributed by atoms with Crippen molar-refractivity contribution < 1.29 is 19.2 Å². The van der Waals surface area contributed by atoms with E-state index < -0.39 is 23.8 Å². The molecule has 1 aromatic carbocycles. The summed E-state index contributed by atoms with van der Waals surface area (Å²) >= 11 is 0. The summed E-state index contributed by atoms with van der Waals surface area (Å²) in [4.78, 5) is 53.6. The maximum absolute atomic E-state index is 13.2. The highest BCUT2D eigenvalue weighted by atomic mass is 16.2. The van der Waals surface area contributed by atoms with Crippen molar-refractivity contribution in [2.24, 2.45) is 0 Å². The number of hydrogen-bond acceptors (Lipinski definition) is 7. The average Bonchev–Trinajstić information content (AvgIpc) is 3.55. The maximum Gasteiger partial charge on any atom is 0.264 e. The van der Waals surface area contributed by atoms with Gasteiger partial charge >= 0.3 is 0 Å². The second kappa shape index (κ2) is 8.60. The van der Waals surface area contributed by atoms with Crippen molar-refractivity contribution >= 4 is 29.3 Å². The van der Waals surface area contributed by atoms with Crippen molar-refractivity contribution in [3.63, 3.8) is 0 Å². The van der Waals surface area contributed by atoms with Crippen molar-refractivity contribution in [1.82, 2.24) is 24.9 Å². The summed E-state index contributed by atoms with van der Waals surface area (Å²) in [6.07, 6.45) is 9.00. The number of imide groups is 2. The molecule has 1 aromatic heterocycles. The molecule has 1 atom stereocenters. The van der Waals surface area contributed by atoms with Gasteiger partial charge in [0.25, 0.3) is 11.8 Å². The van der Waals surface area contributed by atoms with Gasteiger partial charge in [-0.15, -0.1) is 0 Å². The lowest BCUT2D eigenvalue weighted by molar-refractivity contribution is -0.136. The van der Waals surface area contributed by atoms with Gasteiger partial charge < -0.3 is 10.2 Å². The Labute approximate surface area is 202 Å². The summed E-state index contributed by atoms with van der Waals surface area (Å²) in [5.74, 6) is -2.02. The highest BCUT2D eigenvalue weighted by molar-refractivity contribution is 6.25. The lowest BCUT2D eigenvalue weighted by atomic mass is 10.0. The summed E-state index contributed by atoms with van der Waals surface area (Å²) in [5.41, 5.74) is 2.07. The number of anilines is 1. The van der Waals surface area contributed by atoms with E-state index in [-0.39, 0.29) is 29.9 Å². The van der Waals surface area contributed by atoms with Gasteiger partial charge in [0, 0.05) is 49.5 Å². The first kappa shape index (κ1) is 22.0. The number of hydrogen-bond donors (Lipinski definition) is 2. The minimum Gasteiger partial charge on any atom is -0.380 e. The zero-order valence-electron chi connectivity index (χ0n) is 19.4. The Morgan fingerprint density at radius 1 is 0.971 bits per heavy atom. The molecule has 4 amide bonds. The first-order valence-electron chi connectivity index (χ1n) is 12.3. The Balaban J connectivity index is 1.13. The molecule has 2 N–H and O–H groups in total. The van der Waals surface area contributed by atoms with Crippen LogP contribution >= 0.6 is 0 Å². The van der Waals surface area contributed by atoms with E-state index >= 15 is 0 Å². The summed E-state index contributed by atoms with van der Waals surface area (Å²) in [6, 6.07) is 5.31. The molecule has 1 unspecified atom stereocenters. The van der Waals surface area contributed by atoms with Crippen LogP contribution in [0.4, 0.5) is 5.69 Å². The summed E-state index contributed by atoms with van der Waals surface area (Å²) in [7, 11) is 0. The highest BCUT2D eigenvalue weighted by Crippen LogP contribution is 2.34. The van der Waals surface area contributed by atoms with E-state index in [1.165, 1.54) is 12.8 Å². The molecule has 1 aliphatic carbocycles. The fourth-order valence-electron chi connectivity index (χ4n) is 5.48. The molecule has 6 rings (SSSR count). The first-order chi connectivity index (χ1) is 17.0. The fourth-order valence-corrected chi connectivity index (χ4v) is 5.48. The largest absolute Gasteiger partial charge is 0.380 e. The van der Waals surface area contributed by atoms with Crippen LogP contribution in [0, 0.1) is 0 Å². The molecule has 0 bridgehead atoms. The maximum atomic E-state index is 13.2. The number of fused-ring (bicyclic) bond motifs is 1. The highest BCUT2D eigenvalue weighted by Gasteiger charge is 2.45. The van der Waals surface area contributed by atoms with Crippen LogP contribution in [-0.4, -0.2) is 68.4 Å². The molecule has 0 radical (unpaired) electrons. The molecular formula is C25H28N6O4. The van der Waals surface area contributed by atoms with Gasteiger partial charge in [-0.2, -0.15) is 5.10 Å². The zero-order valence-corrected chi connectivity index (χ0v) is 19.4. The second-order valence-electron chi connectivity index (χ2n) is 9.86. The van der Waals surface area contributed by atoms with Crippen LogP contribution in [0.15, 0.2) is 30.6 Å². The molecule has 10 nitrogen and oxygen atoms in total. The quantitative estimate of drug-likeness (QED) is 0.610. The predicted octanol–water partition coefficient (Wildman–Crippen LogP) is 1.70. The Morgan fingerprint density at radius 3 is 2.51 bits per heavy atom. The first-order valence-corrected chi connectivity index (χ1v) is 12.3. The van der Waals surface area contributed by atoms with Crippen molar-refractivity contribution in [2.75, 3.05) is 18.4 Å². The summed E-state index contributed by atoms with van der Waals surface area (Å²) in [5, 5.41) is 10.1. The van der Waals surface area contributed by atoms with Crippen LogP contribution in [0.1, 0.15) is 70.8 Å². The molecule has 3 aliphatic heterocycles.